The number of benzene rings is 1. The maximum Gasteiger partial charge on any atom is 0.136 e. The van der Waals surface area contributed by atoms with Crippen molar-refractivity contribution in [1.82, 2.24) is 9.80 Å². The SMILES string of the molecule is COc1ccc(CN2CCC(CN(C)C)CC2)cc1C#N. The van der Waals surface area contributed by atoms with Crippen molar-refractivity contribution in [3.63, 3.8) is 0 Å². The van der Waals surface area contributed by atoms with Crippen molar-refractivity contribution in [2.24, 2.45) is 5.92 Å². The van der Waals surface area contributed by atoms with Crippen molar-refractivity contribution in [3.05, 3.63) is 29.3 Å². The van der Waals surface area contributed by atoms with Crippen LogP contribution >= 0.6 is 0 Å². The van der Waals surface area contributed by atoms with Crippen molar-refractivity contribution in [1.29, 1.82) is 5.26 Å². The van der Waals surface area contributed by atoms with Gasteiger partial charge in [-0.2, -0.15) is 5.26 Å². The summed E-state index contributed by atoms with van der Waals surface area (Å²) in [6.07, 6.45) is 2.53. The number of likely N-dealkylation sites (tertiary alicyclic amines) is 1. The van der Waals surface area contributed by atoms with Gasteiger partial charge in [-0.1, -0.05) is 6.07 Å². The fraction of sp³-hybridized carbons (Fsp3) is 0.588. The van der Waals surface area contributed by atoms with Crippen LogP contribution in [-0.2, 0) is 6.54 Å². The first-order chi connectivity index (χ1) is 10.1. The first kappa shape index (κ1) is 15.8. The van der Waals surface area contributed by atoms with Gasteiger partial charge in [-0.3, -0.25) is 4.90 Å². The zero-order chi connectivity index (χ0) is 15.2. The van der Waals surface area contributed by atoms with Crippen molar-refractivity contribution in [2.75, 3.05) is 40.8 Å². The predicted molar refractivity (Wildman–Crippen MR) is 84.3 cm³/mol. The summed E-state index contributed by atoms with van der Waals surface area (Å²) < 4.78 is 5.19. The van der Waals surface area contributed by atoms with Crippen LogP contribution in [0.2, 0.25) is 0 Å². The Hall–Kier alpha value is -1.57. The number of hydrogen-bond acceptors (Lipinski definition) is 4. The number of nitrogens with zero attached hydrogens (tertiary/aromatic N) is 3. The molecule has 0 aliphatic carbocycles. The molecule has 2 rings (SSSR count). The maximum absolute atomic E-state index is 9.15. The Bertz CT molecular complexity index is 499. The summed E-state index contributed by atoms with van der Waals surface area (Å²) in [6, 6.07) is 8.11. The van der Waals surface area contributed by atoms with Gasteiger partial charge in [0.25, 0.3) is 0 Å². The van der Waals surface area contributed by atoms with Gasteiger partial charge in [0.1, 0.15) is 11.8 Å². The molecular formula is C17H25N3O. The highest BCUT2D eigenvalue weighted by molar-refractivity contribution is 5.45. The summed E-state index contributed by atoms with van der Waals surface area (Å²) in [4.78, 5) is 4.76. The summed E-state index contributed by atoms with van der Waals surface area (Å²) in [5.41, 5.74) is 1.82. The minimum absolute atomic E-state index is 0.623. The van der Waals surface area contributed by atoms with Gasteiger partial charge in [0.05, 0.1) is 12.7 Å². The summed E-state index contributed by atoms with van der Waals surface area (Å²) in [7, 11) is 5.89. The highest BCUT2D eigenvalue weighted by atomic mass is 16.5. The Morgan fingerprint density at radius 3 is 2.62 bits per heavy atom. The molecule has 0 aromatic heterocycles. The Balaban J connectivity index is 1.90. The van der Waals surface area contributed by atoms with Crippen LogP contribution in [0.15, 0.2) is 18.2 Å². The molecule has 0 N–H and O–H groups in total. The van der Waals surface area contributed by atoms with Gasteiger partial charge in [0.15, 0.2) is 0 Å². The van der Waals surface area contributed by atoms with E-state index < -0.39 is 0 Å². The fourth-order valence-electron chi connectivity index (χ4n) is 3.04. The first-order valence-corrected chi connectivity index (χ1v) is 7.56. The van der Waals surface area contributed by atoms with E-state index in [1.165, 1.54) is 24.9 Å². The maximum atomic E-state index is 9.15. The molecule has 1 aliphatic heterocycles. The number of nitriles is 1. The monoisotopic (exact) mass is 287 g/mol. The molecule has 21 heavy (non-hydrogen) atoms. The second-order valence-corrected chi connectivity index (χ2v) is 6.13. The third-order valence-electron chi connectivity index (χ3n) is 4.12. The van der Waals surface area contributed by atoms with E-state index in [1.807, 2.05) is 12.1 Å². The highest BCUT2D eigenvalue weighted by Crippen LogP contribution is 2.22. The molecule has 1 aromatic rings. The summed E-state index contributed by atoms with van der Waals surface area (Å²) in [6.45, 7) is 4.40. The van der Waals surface area contributed by atoms with E-state index in [-0.39, 0.29) is 0 Å². The zero-order valence-corrected chi connectivity index (χ0v) is 13.3. The number of rotatable bonds is 5. The standard InChI is InChI=1S/C17H25N3O/c1-19(2)12-14-6-8-20(9-7-14)13-15-4-5-17(21-3)16(10-15)11-18/h4-5,10,14H,6-9,12-13H2,1-3H3. The van der Waals surface area contributed by atoms with Gasteiger partial charge in [0, 0.05) is 13.1 Å². The van der Waals surface area contributed by atoms with Gasteiger partial charge >= 0.3 is 0 Å². The summed E-state index contributed by atoms with van der Waals surface area (Å²) in [5, 5.41) is 9.15. The molecule has 1 fully saturated rings. The number of hydrogen-bond donors (Lipinski definition) is 0. The molecule has 0 spiro atoms. The van der Waals surface area contributed by atoms with Crippen LogP contribution in [0.5, 0.6) is 5.75 Å². The lowest BCUT2D eigenvalue weighted by Gasteiger charge is -2.33. The van der Waals surface area contributed by atoms with Crippen molar-refractivity contribution in [2.45, 2.75) is 19.4 Å². The van der Waals surface area contributed by atoms with Crippen LogP contribution in [0.25, 0.3) is 0 Å². The fourth-order valence-corrected chi connectivity index (χ4v) is 3.04. The minimum Gasteiger partial charge on any atom is -0.495 e. The van der Waals surface area contributed by atoms with Crippen LogP contribution in [0, 0.1) is 17.2 Å². The van der Waals surface area contributed by atoms with Gasteiger partial charge in [0.2, 0.25) is 0 Å². The Morgan fingerprint density at radius 2 is 2.05 bits per heavy atom. The molecule has 1 aliphatic rings. The van der Waals surface area contributed by atoms with E-state index in [0.29, 0.717) is 11.3 Å². The van der Waals surface area contributed by atoms with Crippen molar-refractivity contribution in [3.8, 4) is 11.8 Å². The third kappa shape index (κ3) is 4.45. The molecular weight excluding hydrogens is 262 g/mol. The lowest BCUT2D eigenvalue weighted by Crippen LogP contribution is -2.36. The van der Waals surface area contributed by atoms with Gasteiger partial charge in [-0.05, 0) is 63.6 Å². The molecule has 4 nitrogen and oxygen atoms in total. The van der Waals surface area contributed by atoms with Gasteiger partial charge in [-0.15, -0.1) is 0 Å². The Labute approximate surface area is 127 Å². The number of methoxy groups -OCH3 is 1. The number of ether oxygens (including phenoxy) is 1. The zero-order valence-electron chi connectivity index (χ0n) is 13.3. The molecule has 0 amide bonds. The van der Waals surface area contributed by atoms with Gasteiger partial charge in [-0.25, -0.2) is 0 Å². The van der Waals surface area contributed by atoms with E-state index >= 15 is 0 Å². The Kier molecular flexibility index (Phi) is 5.60. The van der Waals surface area contributed by atoms with E-state index in [4.69, 9.17) is 10.00 Å². The first-order valence-electron chi connectivity index (χ1n) is 7.56. The molecule has 114 valence electrons. The predicted octanol–water partition coefficient (Wildman–Crippen LogP) is 2.34. The van der Waals surface area contributed by atoms with E-state index in [2.05, 4.69) is 36.0 Å². The third-order valence-corrected chi connectivity index (χ3v) is 4.12. The summed E-state index contributed by atoms with van der Waals surface area (Å²) >= 11 is 0. The van der Waals surface area contributed by atoms with E-state index in [1.54, 1.807) is 7.11 Å². The second kappa shape index (κ2) is 7.44. The molecule has 1 heterocycles. The molecule has 0 radical (unpaired) electrons. The molecule has 1 saturated heterocycles. The topological polar surface area (TPSA) is 39.5 Å². The van der Waals surface area contributed by atoms with E-state index in [9.17, 15) is 0 Å². The molecule has 0 unspecified atom stereocenters. The average molecular weight is 287 g/mol. The molecule has 1 aromatic carbocycles. The molecule has 4 heteroatoms. The van der Waals surface area contributed by atoms with Crippen LogP contribution < -0.4 is 4.74 Å². The van der Waals surface area contributed by atoms with Gasteiger partial charge < -0.3 is 9.64 Å². The summed E-state index contributed by atoms with van der Waals surface area (Å²) in [5.74, 6) is 1.48. The lowest BCUT2D eigenvalue weighted by molar-refractivity contribution is 0.157. The van der Waals surface area contributed by atoms with E-state index in [0.717, 1.165) is 25.6 Å². The molecule has 0 saturated carbocycles. The van der Waals surface area contributed by atoms with Crippen LogP contribution in [-0.4, -0.2) is 50.6 Å². The van der Waals surface area contributed by atoms with Crippen LogP contribution in [0.1, 0.15) is 24.0 Å². The Morgan fingerprint density at radius 1 is 1.33 bits per heavy atom. The van der Waals surface area contributed by atoms with Crippen LogP contribution in [0.3, 0.4) is 0 Å². The van der Waals surface area contributed by atoms with Crippen molar-refractivity contribution >= 4 is 0 Å². The quantitative estimate of drug-likeness (QED) is 0.833. The average Bonchev–Trinajstić information content (AvgIpc) is 2.48. The van der Waals surface area contributed by atoms with Crippen molar-refractivity contribution < 1.29 is 4.74 Å². The smallest absolute Gasteiger partial charge is 0.136 e. The highest BCUT2D eigenvalue weighted by Gasteiger charge is 2.19. The minimum atomic E-state index is 0.623. The largest absolute Gasteiger partial charge is 0.495 e. The normalized spacial score (nSPS) is 16.9. The van der Waals surface area contributed by atoms with Crippen LogP contribution in [0.4, 0.5) is 0 Å². The molecule has 0 atom stereocenters. The lowest BCUT2D eigenvalue weighted by atomic mass is 9.96. The second-order valence-electron chi connectivity index (χ2n) is 6.13. The molecule has 0 bridgehead atoms. The number of piperidine rings is 1.